The maximum atomic E-state index is 8.93. The molecule has 0 aliphatic carbocycles. The fourth-order valence-corrected chi connectivity index (χ4v) is 1.44. The highest BCUT2D eigenvalue weighted by Gasteiger charge is 2.04. The van der Waals surface area contributed by atoms with Crippen LogP contribution in [-0.4, -0.2) is 4.98 Å². The molecule has 1 aromatic carbocycles. The van der Waals surface area contributed by atoms with Crippen LogP contribution in [0.4, 0.5) is 5.82 Å². The van der Waals surface area contributed by atoms with E-state index in [-0.39, 0.29) is 0 Å². The van der Waals surface area contributed by atoms with E-state index in [1.807, 2.05) is 18.2 Å². The van der Waals surface area contributed by atoms with Gasteiger partial charge in [-0.1, -0.05) is 18.2 Å². The average molecular weight is 225 g/mol. The molecule has 84 valence electrons. The van der Waals surface area contributed by atoms with Crippen molar-refractivity contribution < 1.29 is 4.74 Å². The molecule has 0 atom stereocenters. The summed E-state index contributed by atoms with van der Waals surface area (Å²) in [4.78, 5) is 3.92. The van der Waals surface area contributed by atoms with E-state index in [2.05, 4.69) is 11.1 Å². The number of anilines is 1. The normalized spacial score (nSPS) is 9.59. The highest BCUT2D eigenvalue weighted by Crippen LogP contribution is 2.19. The minimum atomic E-state index is 0.305. The average Bonchev–Trinajstić information content (AvgIpc) is 2.38. The van der Waals surface area contributed by atoms with Gasteiger partial charge in [0, 0.05) is 11.8 Å². The molecule has 0 bridgehead atoms. The number of nitrogens with two attached hydrogens (primary N) is 1. The minimum absolute atomic E-state index is 0.305. The monoisotopic (exact) mass is 225 g/mol. The molecule has 2 aromatic rings. The molecule has 0 fully saturated rings. The molecule has 0 radical (unpaired) electrons. The molecule has 0 aliphatic rings. The number of pyridine rings is 1. The predicted molar refractivity (Wildman–Crippen MR) is 64.1 cm³/mol. The van der Waals surface area contributed by atoms with Gasteiger partial charge in [-0.3, -0.25) is 0 Å². The summed E-state index contributed by atoms with van der Waals surface area (Å²) in [5.41, 5.74) is 7.09. The molecule has 0 amide bonds. The Hall–Kier alpha value is -2.54. The molecular formula is C13H11N3O. The van der Waals surface area contributed by atoms with Crippen molar-refractivity contribution >= 4 is 5.82 Å². The summed E-state index contributed by atoms with van der Waals surface area (Å²) in [5.74, 6) is 0.877. The lowest BCUT2D eigenvalue weighted by Crippen LogP contribution is -2.01. The maximum absolute atomic E-state index is 8.93. The summed E-state index contributed by atoms with van der Waals surface area (Å²) in [5, 5.41) is 8.93. The Labute approximate surface area is 99.3 Å². The molecule has 4 heteroatoms. The van der Waals surface area contributed by atoms with Gasteiger partial charge in [0.2, 0.25) is 0 Å². The van der Waals surface area contributed by atoms with Gasteiger partial charge < -0.3 is 10.5 Å². The van der Waals surface area contributed by atoms with Gasteiger partial charge in [-0.15, -0.1) is 0 Å². The number of aromatic nitrogens is 1. The van der Waals surface area contributed by atoms with Crippen molar-refractivity contribution in [1.29, 1.82) is 5.26 Å². The topological polar surface area (TPSA) is 71.9 Å². The third kappa shape index (κ3) is 2.52. The summed E-state index contributed by atoms with van der Waals surface area (Å²) < 4.78 is 5.53. The van der Waals surface area contributed by atoms with Gasteiger partial charge in [0.15, 0.2) is 11.6 Å². The largest absolute Gasteiger partial charge is 0.485 e. The number of hydrogen-bond donors (Lipinski definition) is 1. The fourth-order valence-electron chi connectivity index (χ4n) is 1.44. The second kappa shape index (κ2) is 4.99. The van der Waals surface area contributed by atoms with Crippen LogP contribution in [0.25, 0.3) is 0 Å². The predicted octanol–water partition coefficient (Wildman–Crippen LogP) is 2.11. The summed E-state index contributed by atoms with van der Waals surface area (Å²) in [7, 11) is 0. The van der Waals surface area contributed by atoms with E-state index in [0.717, 1.165) is 5.56 Å². The van der Waals surface area contributed by atoms with Crippen LogP contribution in [0.3, 0.4) is 0 Å². The molecule has 2 N–H and O–H groups in total. The number of ether oxygens (including phenoxy) is 1. The van der Waals surface area contributed by atoms with Gasteiger partial charge in [0.05, 0.1) is 11.6 Å². The van der Waals surface area contributed by atoms with Crippen molar-refractivity contribution in [3.63, 3.8) is 0 Å². The smallest absolute Gasteiger partial charge is 0.166 e. The van der Waals surface area contributed by atoms with E-state index in [9.17, 15) is 0 Å². The zero-order valence-corrected chi connectivity index (χ0v) is 9.13. The third-order valence-electron chi connectivity index (χ3n) is 2.32. The first kappa shape index (κ1) is 11.0. The van der Waals surface area contributed by atoms with Crippen LogP contribution in [0.5, 0.6) is 5.75 Å². The number of nitrogens with zero attached hydrogens (tertiary/aromatic N) is 2. The van der Waals surface area contributed by atoms with Crippen molar-refractivity contribution in [1.82, 2.24) is 4.98 Å². The van der Waals surface area contributed by atoms with Crippen molar-refractivity contribution in [2.75, 3.05) is 5.73 Å². The minimum Gasteiger partial charge on any atom is -0.485 e. The molecule has 0 aliphatic heterocycles. The van der Waals surface area contributed by atoms with Crippen molar-refractivity contribution in [3.8, 4) is 11.8 Å². The molecule has 4 nitrogen and oxygen atoms in total. The molecule has 0 saturated carbocycles. The molecule has 1 heterocycles. The summed E-state index contributed by atoms with van der Waals surface area (Å²) in [6.07, 6.45) is 1.60. The Morgan fingerprint density at radius 3 is 2.82 bits per heavy atom. The highest BCUT2D eigenvalue weighted by molar-refractivity contribution is 5.45. The standard InChI is InChI=1S/C13H11N3O/c14-8-10-4-1-2-5-11(10)9-17-12-6-3-7-16-13(12)15/h1-7H,9H2,(H2,15,16). The quantitative estimate of drug-likeness (QED) is 0.868. The highest BCUT2D eigenvalue weighted by atomic mass is 16.5. The van der Waals surface area contributed by atoms with Gasteiger partial charge >= 0.3 is 0 Å². The Morgan fingerprint density at radius 1 is 1.24 bits per heavy atom. The van der Waals surface area contributed by atoms with Crippen LogP contribution in [0.1, 0.15) is 11.1 Å². The first-order valence-electron chi connectivity index (χ1n) is 5.12. The van der Waals surface area contributed by atoms with Crippen molar-refractivity contribution in [2.24, 2.45) is 0 Å². The number of nitriles is 1. The van der Waals surface area contributed by atoms with E-state index in [4.69, 9.17) is 15.7 Å². The Balaban J connectivity index is 2.13. The van der Waals surface area contributed by atoms with Gasteiger partial charge in [0.1, 0.15) is 6.61 Å². The lowest BCUT2D eigenvalue weighted by Gasteiger charge is -2.08. The summed E-state index contributed by atoms with van der Waals surface area (Å²) >= 11 is 0. The first-order valence-corrected chi connectivity index (χ1v) is 5.12. The number of rotatable bonds is 3. The Kier molecular flexibility index (Phi) is 3.22. The zero-order chi connectivity index (χ0) is 12.1. The van der Waals surface area contributed by atoms with Crippen LogP contribution in [0.15, 0.2) is 42.6 Å². The number of benzene rings is 1. The second-order valence-electron chi connectivity index (χ2n) is 3.44. The maximum Gasteiger partial charge on any atom is 0.166 e. The molecule has 1 aromatic heterocycles. The Morgan fingerprint density at radius 2 is 2.06 bits per heavy atom. The summed E-state index contributed by atoms with van der Waals surface area (Å²) in [6, 6.07) is 12.9. The van der Waals surface area contributed by atoms with Crippen LogP contribution in [0, 0.1) is 11.3 Å². The van der Waals surface area contributed by atoms with Crippen LogP contribution in [-0.2, 0) is 6.61 Å². The zero-order valence-electron chi connectivity index (χ0n) is 9.13. The molecule has 0 unspecified atom stereocenters. The lowest BCUT2D eigenvalue weighted by atomic mass is 10.1. The SMILES string of the molecule is N#Cc1ccccc1COc1cccnc1N. The third-order valence-corrected chi connectivity index (χ3v) is 2.32. The number of hydrogen-bond acceptors (Lipinski definition) is 4. The fraction of sp³-hybridized carbons (Fsp3) is 0.0769. The van der Waals surface area contributed by atoms with Crippen LogP contribution in [0.2, 0.25) is 0 Å². The first-order chi connectivity index (χ1) is 8.31. The van der Waals surface area contributed by atoms with E-state index in [0.29, 0.717) is 23.7 Å². The van der Waals surface area contributed by atoms with Gasteiger partial charge in [-0.2, -0.15) is 5.26 Å². The summed E-state index contributed by atoms with van der Waals surface area (Å²) in [6.45, 7) is 0.305. The number of nitrogen functional groups attached to an aromatic ring is 1. The van der Waals surface area contributed by atoms with Gasteiger partial charge in [-0.05, 0) is 18.2 Å². The van der Waals surface area contributed by atoms with E-state index in [1.54, 1.807) is 24.4 Å². The van der Waals surface area contributed by atoms with Crippen molar-refractivity contribution in [2.45, 2.75) is 6.61 Å². The van der Waals surface area contributed by atoms with E-state index in [1.165, 1.54) is 0 Å². The molecule has 0 spiro atoms. The van der Waals surface area contributed by atoms with Gasteiger partial charge in [-0.25, -0.2) is 4.98 Å². The van der Waals surface area contributed by atoms with Crippen molar-refractivity contribution in [3.05, 3.63) is 53.7 Å². The molecular weight excluding hydrogens is 214 g/mol. The lowest BCUT2D eigenvalue weighted by molar-refractivity contribution is 0.306. The Bertz CT molecular complexity index is 561. The molecule has 2 rings (SSSR count). The second-order valence-corrected chi connectivity index (χ2v) is 3.44. The molecule has 17 heavy (non-hydrogen) atoms. The van der Waals surface area contributed by atoms with Crippen LogP contribution >= 0.6 is 0 Å². The molecule has 0 saturated heterocycles. The van der Waals surface area contributed by atoms with Gasteiger partial charge in [0.25, 0.3) is 0 Å². The van der Waals surface area contributed by atoms with E-state index < -0.39 is 0 Å². The van der Waals surface area contributed by atoms with E-state index >= 15 is 0 Å². The van der Waals surface area contributed by atoms with Crippen LogP contribution < -0.4 is 10.5 Å².